The molecule has 0 radical (unpaired) electrons. The number of allylic oxidation sites excluding steroid dienone is 3. The molecule has 1 aliphatic carbocycles. The fourth-order valence-electron chi connectivity index (χ4n) is 5.18. The molecule has 38 heavy (non-hydrogen) atoms. The van der Waals surface area contributed by atoms with Crippen molar-refractivity contribution >= 4 is 17.5 Å². The van der Waals surface area contributed by atoms with Gasteiger partial charge < -0.3 is 25.0 Å². The number of nitrogens with one attached hydrogen (secondary N) is 2. The van der Waals surface area contributed by atoms with Gasteiger partial charge in [-0.15, -0.1) is 0 Å². The van der Waals surface area contributed by atoms with Crippen LogP contribution in [-0.2, 0) is 15.9 Å². The van der Waals surface area contributed by atoms with Crippen LogP contribution in [0.4, 0.5) is 18.9 Å². The molecule has 1 aromatic carbocycles. The zero-order chi connectivity index (χ0) is 28.0. The van der Waals surface area contributed by atoms with Crippen LogP contribution in [0.25, 0.3) is 11.8 Å². The van der Waals surface area contributed by atoms with Crippen molar-refractivity contribution in [3.63, 3.8) is 0 Å². The molecule has 0 amide bonds. The third-order valence-corrected chi connectivity index (χ3v) is 7.35. The summed E-state index contributed by atoms with van der Waals surface area (Å²) in [7, 11) is 3.42. The Balaban J connectivity index is 2.05. The molecule has 0 aromatic heterocycles. The fourth-order valence-corrected chi connectivity index (χ4v) is 5.18. The van der Waals surface area contributed by atoms with E-state index in [0.717, 1.165) is 41.9 Å². The molecular formula is C30H40F3N3O2. The zero-order valence-corrected chi connectivity index (χ0v) is 23.1. The summed E-state index contributed by atoms with van der Waals surface area (Å²) in [6.07, 6.45) is 2.11. The molecule has 1 aliphatic heterocycles. The summed E-state index contributed by atoms with van der Waals surface area (Å²) in [6, 6.07) is 2.22. The van der Waals surface area contributed by atoms with Gasteiger partial charge in [0, 0.05) is 79.6 Å². The van der Waals surface area contributed by atoms with E-state index in [1.54, 1.807) is 13.2 Å². The van der Waals surface area contributed by atoms with E-state index in [0.29, 0.717) is 47.9 Å². The number of rotatable bonds is 11. The predicted molar refractivity (Wildman–Crippen MR) is 150 cm³/mol. The topological polar surface area (TPSA) is 45.8 Å². The Morgan fingerprint density at radius 1 is 1.29 bits per heavy atom. The number of ether oxygens (including phenoxy) is 2. The smallest absolute Gasteiger partial charge is 0.413 e. The maximum atomic E-state index is 13.8. The molecule has 3 rings (SSSR count). The number of nitrogens with zero attached hydrogens (tertiary/aromatic N) is 1. The standard InChI is InChI=1S/C30H40F3N3O2/c1-8-22(28(37-7)14-19(3)34-6)18-35-21(5)29-20(4)27(36(9-2)25-10-12-38-13-11-25)16-23-15-24(17-26(23)29)30(31,32)33/h8,14,16-17,25,34-35H,1,5,9-13,15,18H2,2-4,6-7H3/b19-14-,28-22-. The maximum absolute atomic E-state index is 13.8. The van der Waals surface area contributed by atoms with Gasteiger partial charge in [0.2, 0.25) is 0 Å². The summed E-state index contributed by atoms with van der Waals surface area (Å²) in [4.78, 5) is 2.31. The molecule has 1 aromatic rings. The normalized spacial score (nSPS) is 16.8. The molecule has 208 valence electrons. The lowest BCUT2D eigenvalue weighted by Crippen LogP contribution is -2.40. The minimum atomic E-state index is -4.38. The van der Waals surface area contributed by atoms with E-state index in [9.17, 15) is 13.2 Å². The molecule has 0 saturated carbocycles. The van der Waals surface area contributed by atoms with Gasteiger partial charge in [-0.1, -0.05) is 19.2 Å². The number of halogens is 3. The Labute approximate surface area is 224 Å². The van der Waals surface area contributed by atoms with Crippen molar-refractivity contribution in [3.8, 4) is 0 Å². The molecule has 8 heteroatoms. The third kappa shape index (κ3) is 6.46. The van der Waals surface area contributed by atoms with Crippen molar-refractivity contribution in [2.75, 3.05) is 45.4 Å². The molecule has 5 nitrogen and oxygen atoms in total. The van der Waals surface area contributed by atoms with Crippen LogP contribution in [0.1, 0.15) is 48.9 Å². The highest BCUT2D eigenvalue weighted by atomic mass is 19.4. The SMILES string of the molecule is C=C/C(CNC(=C)c1c(C)c(N(CC)C2CCOCC2)cc2c1C=C(C(F)(F)F)C2)=C(\C=C(\C)NC)OC. The fraction of sp³-hybridized carbons (Fsp3) is 0.467. The Hall–Kier alpha value is -3.13. The van der Waals surface area contributed by atoms with Gasteiger partial charge in [0.15, 0.2) is 0 Å². The van der Waals surface area contributed by atoms with Crippen LogP contribution in [0.15, 0.2) is 54.0 Å². The Morgan fingerprint density at radius 3 is 2.53 bits per heavy atom. The molecule has 0 atom stereocenters. The molecule has 1 fully saturated rings. The first-order valence-corrected chi connectivity index (χ1v) is 13.0. The van der Waals surface area contributed by atoms with Crippen LogP contribution in [0.3, 0.4) is 0 Å². The van der Waals surface area contributed by atoms with Crippen LogP contribution >= 0.6 is 0 Å². The highest BCUT2D eigenvalue weighted by Gasteiger charge is 2.38. The number of fused-ring (bicyclic) bond motifs is 1. The van der Waals surface area contributed by atoms with Crippen LogP contribution in [0, 0.1) is 6.92 Å². The minimum absolute atomic E-state index is 0.141. The highest BCUT2D eigenvalue weighted by molar-refractivity contribution is 5.84. The molecule has 1 heterocycles. The quantitative estimate of drug-likeness (QED) is 0.260. The monoisotopic (exact) mass is 531 g/mol. The summed E-state index contributed by atoms with van der Waals surface area (Å²) in [6.45, 7) is 16.6. The van der Waals surface area contributed by atoms with E-state index in [-0.39, 0.29) is 12.5 Å². The first-order chi connectivity index (χ1) is 18.0. The number of alkyl halides is 3. The van der Waals surface area contributed by atoms with Crippen molar-refractivity contribution < 1.29 is 22.6 Å². The van der Waals surface area contributed by atoms with Crippen molar-refractivity contribution in [1.82, 2.24) is 10.6 Å². The van der Waals surface area contributed by atoms with Crippen LogP contribution < -0.4 is 15.5 Å². The van der Waals surface area contributed by atoms with Gasteiger partial charge in [0.1, 0.15) is 5.76 Å². The zero-order valence-electron chi connectivity index (χ0n) is 23.1. The summed E-state index contributed by atoms with van der Waals surface area (Å²) in [5.74, 6) is 0.638. The van der Waals surface area contributed by atoms with Gasteiger partial charge in [-0.3, -0.25) is 0 Å². The first kappa shape index (κ1) is 29.4. The summed E-state index contributed by atoms with van der Waals surface area (Å²) in [5.41, 5.74) is 5.59. The summed E-state index contributed by atoms with van der Waals surface area (Å²) >= 11 is 0. The van der Waals surface area contributed by atoms with E-state index in [1.807, 2.05) is 33.0 Å². The highest BCUT2D eigenvalue weighted by Crippen LogP contribution is 2.43. The van der Waals surface area contributed by atoms with Crippen LogP contribution in [0.2, 0.25) is 0 Å². The van der Waals surface area contributed by atoms with Gasteiger partial charge in [0.05, 0.1) is 7.11 Å². The molecule has 2 aliphatic rings. The molecule has 1 saturated heterocycles. The third-order valence-electron chi connectivity index (χ3n) is 7.35. The van der Waals surface area contributed by atoms with Gasteiger partial charge in [-0.2, -0.15) is 13.2 Å². The lowest BCUT2D eigenvalue weighted by molar-refractivity contribution is -0.0918. The van der Waals surface area contributed by atoms with E-state index < -0.39 is 11.7 Å². The van der Waals surface area contributed by atoms with Crippen LogP contribution in [0.5, 0.6) is 0 Å². The second kappa shape index (κ2) is 12.6. The van der Waals surface area contributed by atoms with Gasteiger partial charge >= 0.3 is 6.18 Å². The predicted octanol–water partition coefficient (Wildman–Crippen LogP) is 6.27. The summed E-state index contributed by atoms with van der Waals surface area (Å²) < 4.78 is 52.4. The van der Waals surface area contributed by atoms with E-state index in [2.05, 4.69) is 35.6 Å². The van der Waals surface area contributed by atoms with Gasteiger partial charge in [-0.05, 0) is 68.5 Å². The Kier molecular flexibility index (Phi) is 9.77. The van der Waals surface area contributed by atoms with Crippen LogP contribution in [-0.4, -0.2) is 52.7 Å². The Bertz CT molecular complexity index is 1140. The van der Waals surface area contributed by atoms with Gasteiger partial charge in [-0.25, -0.2) is 0 Å². The molecule has 0 spiro atoms. The number of hydrogen-bond donors (Lipinski definition) is 2. The van der Waals surface area contributed by atoms with Crippen molar-refractivity contribution in [2.24, 2.45) is 0 Å². The second-order valence-electron chi connectivity index (χ2n) is 9.65. The molecular weight excluding hydrogens is 491 g/mol. The van der Waals surface area contributed by atoms with E-state index in [4.69, 9.17) is 9.47 Å². The number of methoxy groups -OCH3 is 1. The number of hydrogen-bond acceptors (Lipinski definition) is 5. The maximum Gasteiger partial charge on any atom is 0.413 e. The minimum Gasteiger partial charge on any atom is -0.496 e. The number of anilines is 1. The van der Waals surface area contributed by atoms with E-state index >= 15 is 0 Å². The van der Waals surface area contributed by atoms with E-state index in [1.165, 1.54) is 6.08 Å². The second-order valence-corrected chi connectivity index (χ2v) is 9.65. The van der Waals surface area contributed by atoms with Gasteiger partial charge in [0.25, 0.3) is 0 Å². The average molecular weight is 532 g/mol. The van der Waals surface area contributed by atoms with Crippen molar-refractivity contribution in [1.29, 1.82) is 0 Å². The average Bonchev–Trinajstić information content (AvgIpc) is 3.33. The van der Waals surface area contributed by atoms with Crippen molar-refractivity contribution in [2.45, 2.75) is 52.3 Å². The molecule has 0 unspecified atom stereocenters. The lowest BCUT2D eigenvalue weighted by atomic mass is 9.92. The molecule has 0 bridgehead atoms. The summed E-state index contributed by atoms with van der Waals surface area (Å²) in [5, 5.41) is 6.41. The number of benzene rings is 1. The largest absolute Gasteiger partial charge is 0.496 e. The molecule has 2 N–H and O–H groups in total. The Morgan fingerprint density at radius 2 is 1.97 bits per heavy atom. The van der Waals surface area contributed by atoms with Crippen molar-refractivity contribution in [3.05, 3.63) is 76.2 Å². The first-order valence-electron chi connectivity index (χ1n) is 13.0. The lowest BCUT2D eigenvalue weighted by Gasteiger charge is -2.37.